The number of amidine groups is 1. The zero-order valence-corrected chi connectivity index (χ0v) is 19.5. The van der Waals surface area contributed by atoms with Crippen molar-refractivity contribution < 1.29 is 13.2 Å². The first-order chi connectivity index (χ1) is 15.3. The molecule has 1 aromatic carbocycles. The second-order valence-electron chi connectivity index (χ2n) is 8.20. The summed E-state index contributed by atoms with van der Waals surface area (Å²) >= 11 is 1.52. The first-order valence-electron chi connectivity index (χ1n) is 10.5. The lowest BCUT2D eigenvalue weighted by atomic mass is 10.0. The van der Waals surface area contributed by atoms with Crippen molar-refractivity contribution in [3.05, 3.63) is 47.2 Å². The van der Waals surface area contributed by atoms with Gasteiger partial charge in [0.05, 0.1) is 46.4 Å². The van der Waals surface area contributed by atoms with Gasteiger partial charge in [-0.3, -0.25) is 9.79 Å². The molecule has 10 heteroatoms. The molecule has 3 aromatic rings. The highest BCUT2D eigenvalue weighted by Crippen LogP contribution is 2.32. The number of carbonyl (C=O) groups is 1. The fourth-order valence-corrected chi connectivity index (χ4v) is 6.58. The van der Waals surface area contributed by atoms with Gasteiger partial charge >= 0.3 is 0 Å². The van der Waals surface area contributed by atoms with Crippen molar-refractivity contribution in [3.63, 3.8) is 0 Å². The zero-order chi connectivity index (χ0) is 22.5. The number of hydrogen-bond acceptors (Lipinski definition) is 7. The van der Waals surface area contributed by atoms with Crippen molar-refractivity contribution >= 4 is 43.7 Å². The smallest absolute Gasteiger partial charge is 0.258 e. The maximum absolute atomic E-state index is 13.3. The minimum absolute atomic E-state index is 0.0363. The number of aromatic nitrogens is 3. The van der Waals surface area contributed by atoms with Crippen LogP contribution in [0.4, 0.5) is 0 Å². The van der Waals surface area contributed by atoms with E-state index in [0.717, 1.165) is 16.9 Å². The molecule has 1 N–H and O–H groups in total. The first-order valence-corrected chi connectivity index (χ1v) is 13.3. The van der Waals surface area contributed by atoms with Crippen LogP contribution in [0.25, 0.3) is 22.3 Å². The van der Waals surface area contributed by atoms with E-state index >= 15 is 0 Å². The summed E-state index contributed by atoms with van der Waals surface area (Å²) in [7, 11) is -3.10. The molecular weight excluding hydrogens is 446 g/mol. The number of nitrogens with one attached hydrogen (secondary N) is 1. The Kier molecular flexibility index (Phi) is 5.29. The molecule has 2 aliphatic rings. The van der Waals surface area contributed by atoms with Gasteiger partial charge in [0.2, 0.25) is 0 Å². The molecule has 0 spiro atoms. The molecule has 0 radical (unpaired) electrons. The molecule has 2 aromatic heterocycles. The predicted molar refractivity (Wildman–Crippen MR) is 127 cm³/mol. The average Bonchev–Trinajstić information content (AvgIpc) is 3.47. The van der Waals surface area contributed by atoms with E-state index in [0.29, 0.717) is 46.1 Å². The fraction of sp³-hybridized carbons (Fsp3) is 0.364. The number of pyridine rings is 1. The number of amides is 1. The Balaban J connectivity index is 1.68. The molecule has 1 atom stereocenters. The number of nitrogens with zero attached hydrogens (tertiary/aromatic N) is 4. The van der Waals surface area contributed by atoms with E-state index in [2.05, 4.69) is 15.4 Å². The van der Waals surface area contributed by atoms with E-state index in [9.17, 15) is 13.2 Å². The van der Waals surface area contributed by atoms with Crippen molar-refractivity contribution in [1.82, 2.24) is 20.1 Å². The van der Waals surface area contributed by atoms with Gasteiger partial charge in [0.1, 0.15) is 0 Å². The van der Waals surface area contributed by atoms with Crippen LogP contribution in [0.2, 0.25) is 0 Å². The maximum atomic E-state index is 13.3. The number of aryl methyl sites for hydroxylation is 2. The number of hydrogen-bond donors (Lipinski definition) is 1. The van der Waals surface area contributed by atoms with E-state index < -0.39 is 9.84 Å². The molecule has 1 fully saturated rings. The number of aliphatic imine (C=N–C) groups is 1. The second kappa shape index (κ2) is 8.00. The molecule has 1 saturated heterocycles. The Morgan fingerprint density at radius 2 is 2.00 bits per heavy atom. The third-order valence-corrected chi connectivity index (χ3v) is 8.43. The quantitative estimate of drug-likeness (QED) is 0.632. The molecule has 8 nitrogen and oxygen atoms in total. The van der Waals surface area contributed by atoms with Crippen LogP contribution in [-0.2, 0) is 9.84 Å². The minimum Gasteiger partial charge on any atom is -0.301 e. The number of thioether (sulfide) groups is 1. The number of rotatable bonds is 3. The summed E-state index contributed by atoms with van der Waals surface area (Å²) in [4.78, 5) is 22.4. The van der Waals surface area contributed by atoms with E-state index in [1.54, 1.807) is 10.7 Å². The molecular formula is C22H23N5O3S2. The standard InChI is InChI=1S/C22H23N5O3S2/c1-13-3-5-15(6-4-13)18-11-17(21(28)25-22-23-8-9-31-22)19-14(2)26-27(20(19)24-18)16-7-10-32(29,30)12-16/h3-6,11,16H,7-10,12H2,1-2H3,(H,23,25,28). The number of benzene rings is 1. The Morgan fingerprint density at radius 3 is 2.66 bits per heavy atom. The van der Waals surface area contributed by atoms with Crippen molar-refractivity contribution in [2.75, 3.05) is 23.8 Å². The van der Waals surface area contributed by atoms with Crippen LogP contribution in [0.3, 0.4) is 0 Å². The second-order valence-corrected chi connectivity index (χ2v) is 11.5. The Hall–Kier alpha value is -2.72. The van der Waals surface area contributed by atoms with Crippen LogP contribution >= 0.6 is 11.8 Å². The largest absolute Gasteiger partial charge is 0.301 e. The topological polar surface area (TPSA) is 106 Å². The van der Waals surface area contributed by atoms with Gasteiger partial charge in [-0.15, -0.1) is 0 Å². The fourth-order valence-electron chi connectivity index (χ4n) is 4.16. The lowest BCUT2D eigenvalue weighted by molar-refractivity contribution is 0.0979. The Bertz CT molecular complexity index is 1360. The summed E-state index contributed by atoms with van der Waals surface area (Å²) in [5, 5.41) is 8.80. The van der Waals surface area contributed by atoms with Crippen molar-refractivity contribution in [2.45, 2.75) is 26.3 Å². The van der Waals surface area contributed by atoms with Crippen LogP contribution < -0.4 is 5.32 Å². The average molecular weight is 470 g/mol. The third kappa shape index (κ3) is 3.93. The van der Waals surface area contributed by atoms with Gasteiger partial charge in [0, 0.05) is 11.3 Å². The molecule has 0 aliphatic carbocycles. The molecule has 5 rings (SSSR count). The van der Waals surface area contributed by atoms with Crippen LogP contribution in [-0.4, -0.2) is 58.1 Å². The van der Waals surface area contributed by atoms with Gasteiger partial charge < -0.3 is 5.32 Å². The van der Waals surface area contributed by atoms with Crippen LogP contribution in [0.5, 0.6) is 0 Å². The third-order valence-electron chi connectivity index (χ3n) is 5.79. The Morgan fingerprint density at radius 1 is 1.22 bits per heavy atom. The van der Waals surface area contributed by atoms with E-state index in [1.807, 2.05) is 38.1 Å². The van der Waals surface area contributed by atoms with Crippen LogP contribution in [0, 0.1) is 13.8 Å². The number of carbonyl (C=O) groups excluding carboxylic acids is 1. The number of fused-ring (bicyclic) bond motifs is 1. The monoisotopic (exact) mass is 469 g/mol. The molecule has 4 heterocycles. The van der Waals surface area contributed by atoms with E-state index in [1.165, 1.54) is 11.8 Å². The molecule has 1 unspecified atom stereocenters. The molecule has 0 bridgehead atoms. The van der Waals surface area contributed by atoms with Gasteiger partial charge in [-0.1, -0.05) is 41.6 Å². The molecule has 1 amide bonds. The van der Waals surface area contributed by atoms with Gasteiger partial charge in [-0.05, 0) is 26.3 Å². The van der Waals surface area contributed by atoms with Crippen molar-refractivity contribution in [2.24, 2.45) is 4.99 Å². The van der Waals surface area contributed by atoms with Crippen LogP contribution in [0.15, 0.2) is 35.3 Å². The summed E-state index contributed by atoms with van der Waals surface area (Å²) < 4.78 is 25.9. The summed E-state index contributed by atoms with van der Waals surface area (Å²) in [6, 6.07) is 9.43. The summed E-state index contributed by atoms with van der Waals surface area (Å²) in [5.74, 6) is 0.762. The number of sulfone groups is 1. The lowest BCUT2D eigenvalue weighted by Gasteiger charge is -2.12. The first kappa shape index (κ1) is 21.1. The lowest BCUT2D eigenvalue weighted by Crippen LogP contribution is -2.27. The predicted octanol–water partition coefficient (Wildman–Crippen LogP) is 2.91. The highest BCUT2D eigenvalue weighted by Gasteiger charge is 2.32. The van der Waals surface area contributed by atoms with Crippen molar-refractivity contribution in [1.29, 1.82) is 0 Å². The summed E-state index contributed by atoms with van der Waals surface area (Å²) in [6.45, 7) is 4.53. The molecule has 0 saturated carbocycles. The highest BCUT2D eigenvalue weighted by atomic mass is 32.2. The minimum atomic E-state index is -3.10. The SMILES string of the molecule is Cc1ccc(-c2cc(C(=O)NC3=NCCS3)c3c(C)nn(C4CCS(=O)(=O)C4)c3n2)cc1. The van der Waals surface area contributed by atoms with E-state index in [-0.39, 0.29) is 23.5 Å². The normalized spacial score (nSPS) is 19.9. The molecule has 32 heavy (non-hydrogen) atoms. The van der Waals surface area contributed by atoms with Gasteiger partial charge in [0.15, 0.2) is 20.7 Å². The van der Waals surface area contributed by atoms with E-state index in [4.69, 9.17) is 4.98 Å². The van der Waals surface area contributed by atoms with Crippen LogP contribution in [0.1, 0.15) is 34.1 Å². The summed E-state index contributed by atoms with van der Waals surface area (Å²) in [5.41, 5.74) is 4.30. The van der Waals surface area contributed by atoms with Gasteiger partial charge in [-0.25, -0.2) is 18.1 Å². The zero-order valence-electron chi connectivity index (χ0n) is 17.8. The molecule has 2 aliphatic heterocycles. The Labute approximate surface area is 190 Å². The van der Waals surface area contributed by atoms with Gasteiger partial charge in [-0.2, -0.15) is 5.10 Å². The molecule has 166 valence electrons. The highest BCUT2D eigenvalue weighted by molar-refractivity contribution is 8.14. The van der Waals surface area contributed by atoms with Gasteiger partial charge in [0.25, 0.3) is 5.91 Å². The maximum Gasteiger partial charge on any atom is 0.258 e. The summed E-state index contributed by atoms with van der Waals surface area (Å²) in [6.07, 6.45) is 0.490. The van der Waals surface area contributed by atoms with Crippen molar-refractivity contribution in [3.8, 4) is 11.3 Å².